The molecule has 83 heavy (non-hydrogen) atoms. The van der Waals surface area contributed by atoms with Crippen LogP contribution in [-0.4, -0.2) is 69.4 Å². The third kappa shape index (κ3) is 64.8. The zero-order valence-electron chi connectivity index (χ0n) is 56.4. The molecule has 492 valence electrons. The SMILES string of the molecule is CCCCCCCC/C=C/CCCCCCCCCCCCCCCCCCCC(=O)OC(/C=C/CCCCCCCCCCCCC)C(COP(=O)([O-])OCC[N+](C)(C)C)NC(=O)CCCCCCCCCCCCCCCCCCC. The van der Waals surface area contributed by atoms with Crippen molar-refractivity contribution >= 4 is 19.7 Å². The fraction of sp³-hybridized carbons (Fsp3) is 0.918. The van der Waals surface area contributed by atoms with Gasteiger partial charge in [0.05, 0.1) is 33.8 Å². The average Bonchev–Trinajstić information content (AvgIpc) is 3.47. The van der Waals surface area contributed by atoms with E-state index in [0.29, 0.717) is 17.4 Å². The summed E-state index contributed by atoms with van der Waals surface area (Å²) in [6, 6.07) is -0.882. The molecule has 3 unspecified atom stereocenters. The van der Waals surface area contributed by atoms with Crippen LogP contribution < -0.4 is 10.2 Å². The number of ether oxygens (including phenoxy) is 1. The van der Waals surface area contributed by atoms with Crippen LogP contribution in [0.5, 0.6) is 0 Å². The molecular weight excluding hydrogens is 1050 g/mol. The monoisotopic (exact) mass is 1190 g/mol. The van der Waals surface area contributed by atoms with Gasteiger partial charge in [0.1, 0.15) is 19.3 Å². The number of quaternary nitrogens is 1. The van der Waals surface area contributed by atoms with Gasteiger partial charge in [-0.2, -0.15) is 0 Å². The van der Waals surface area contributed by atoms with Crippen LogP contribution >= 0.6 is 7.82 Å². The van der Waals surface area contributed by atoms with E-state index in [4.69, 9.17) is 13.8 Å². The maximum Gasteiger partial charge on any atom is 0.306 e. The predicted octanol–water partition coefficient (Wildman–Crippen LogP) is 22.6. The second-order valence-electron chi connectivity index (χ2n) is 26.5. The second kappa shape index (κ2) is 63.5. The van der Waals surface area contributed by atoms with E-state index in [9.17, 15) is 19.0 Å². The summed E-state index contributed by atoms with van der Waals surface area (Å²) in [5.41, 5.74) is 0. The Morgan fingerprint density at radius 3 is 1.02 bits per heavy atom. The van der Waals surface area contributed by atoms with Gasteiger partial charge in [0.15, 0.2) is 0 Å². The quantitative estimate of drug-likeness (QED) is 0.0212. The number of phosphoric ester groups is 1. The highest BCUT2D eigenvalue weighted by molar-refractivity contribution is 7.45. The summed E-state index contributed by atoms with van der Waals surface area (Å²) in [6.45, 7) is 6.91. The van der Waals surface area contributed by atoms with Crippen LogP contribution in [0.2, 0.25) is 0 Å². The van der Waals surface area contributed by atoms with E-state index in [0.717, 1.165) is 57.8 Å². The van der Waals surface area contributed by atoms with E-state index in [1.807, 2.05) is 33.3 Å². The molecule has 0 spiro atoms. The smallest absolute Gasteiger partial charge is 0.306 e. The lowest BCUT2D eigenvalue weighted by atomic mass is 10.0. The summed E-state index contributed by atoms with van der Waals surface area (Å²) in [5.74, 6) is -0.515. The molecule has 0 aliphatic heterocycles. The number of likely N-dealkylation sites (N-methyl/N-ethyl adjacent to an activating group) is 1. The lowest BCUT2D eigenvalue weighted by Crippen LogP contribution is -2.47. The zero-order valence-corrected chi connectivity index (χ0v) is 57.3. The van der Waals surface area contributed by atoms with Crippen LogP contribution in [0, 0.1) is 0 Å². The van der Waals surface area contributed by atoms with E-state index >= 15 is 0 Å². The summed E-state index contributed by atoms with van der Waals surface area (Å²) in [7, 11) is 1.21. The van der Waals surface area contributed by atoms with Gasteiger partial charge >= 0.3 is 5.97 Å². The minimum Gasteiger partial charge on any atom is -0.756 e. The Labute approximate surface area is 517 Å². The van der Waals surface area contributed by atoms with Gasteiger partial charge < -0.3 is 28.5 Å². The molecule has 0 bridgehead atoms. The Bertz CT molecular complexity index is 1470. The number of esters is 1. The molecule has 0 saturated heterocycles. The van der Waals surface area contributed by atoms with Crippen molar-refractivity contribution in [3.63, 3.8) is 0 Å². The molecule has 0 heterocycles. The Hall–Kier alpha value is -1.51. The Kier molecular flexibility index (Phi) is 62.4. The predicted molar refractivity (Wildman–Crippen MR) is 358 cm³/mol. The van der Waals surface area contributed by atoms with Crippen molar-refractivity contribution in [3.8, 4) is 0 Å². The van der Waals surface area contributed by atoms with Crippen LogP contribution in [0.15, 0.2) is 24.3 Å². The minimum atomic E-state index is -4.70. The number of hydrogen-bond acceptors (Lipinski definition) is 7. The highest BCUT2D eigenvalue weighted by atomic mass is 31.2. The lowest BCUT2D eigenvalue weighted by molar-refractivity contribution is -0.870. The van der Waals surface area contributed by atoms with Gasteiger partial charge in [-0.1, -0.05) is 334 Å². The highest BCUT2D eigenvalue weighted by Crippen LogP contribution is 2.38. The average molecular weight is 1190 g/mol. The van der Waals surface area contributed by atoms with Crippen molar-refractivity contribution in [1.82, 2.24) is 5.32 Å². The van der Waals surface area contributed by atoms with Crippen LogP contribution in [0.4, 0.5) is 0 Å². The third-order valence-electron chi connectivity index (χ3n) is 16.9. The number of carbonyl (C=O) groups excluding carboxylic acids is 2. The van der Waals surface area contributed by atoms with Crippen molar-refractivity contribution in [1.29, 1.82) is 0 Å². The Morgan fingerprint density at radius 2 is 0.699 bits per heavy atom. The van der Waals surface area contributed by atoms with Gasteiger partial charge in [0, 0.05) is 12.8 Å². The summed E-state index contributed by atoms with van der Waals surface area (Å²) in [6.07, 6.45) is 77.4. The number of allylic oxidation sites excluding steroid dienone is 3. The molecule has 0 aromatic rings. The van der Waals surface area contributed by atoms with E-state index < -0.39 is 20.0 Å². The molecule has 9 nitrogen and oxygen atoms in total. The van der Waals surface area contributed by atoms with Crippen molar-refractivity contribution in [3.05, 3.63) is 24.3 Å². The van der Waals surface area contributed by atoms with E-state index in [1.165, 1.54) is 289 Å². The second-order valence-corrected chi connectivity index (χ2v) is 27.9. The van der Waals surface area contributed by atoms with E-state index in [1.54, 1.807) is 0 Å². The first-order valence-corrected chi connectivity index (χ1v) is 38.1. The van der Waals surface area contributed by atoms with Crippen molar-refractivity contribution < 1.29 is 37.3 Å². The molecule has 0 aliphatic carbocycles. The minimum absolute atomic E-state index is 0.0175. The number of unbranched alkanes of at least 4 members (excludes halogenated alkanes) is 50. The van der Waals surface area contributed by atoms with Crippen molar-refractivity contribution in [2.45, 2.75) is 392 Å². The molecule has 0 fully saturated rings. The summed E-state index contributed by atoms with van der Waals surface area (Å²) < 4.78 is 30.5. The topological polar surface area (TPSA) is 114 Å². The fourth-order valence-electron chi connectivity index (χ4n) is 11.2. The lowest BCUT2D eigenvalue weighted by Gasteiger charge is -2.30. The molecule has 0 radical (unpaired) electrons. The Morgan fingerprint density at radius 1 is 0.410 bits per heavy atom. The number of phosphoric acid groups is 1. The van der Waals surface area contributed by atoms with E-state index in [-0.39, 0.29) is 31.5 Å². The molecule has 0 aromatic heterocycles. The van der Waals surface area contributed by atoms with Crippen LogP contribution in [0.25, 0.3) is 0 Å². The molecule has 0 saturated carbocycles. The standard InChI is InChI=1S/C73H143N2O7P/c1-7-10-13-16-19-22-25-28-30-32-33-34-35-36-37-38-39-40-41-43-45-48-51-54-57-60-63-66-73(77)82-71(64-61-58-55-52-49-46-27-24-21-18-15-12-9-3)70(69-81-83(78,79)80-68-67-75(4,5)6)74-72(76)65-62-59-56-53-50-47-44-42-31-29-26-23-20-17-14-11-8-2/h28,30,61,64,70-71H,7-27,29,31-60,62-63,65-69H2,1-6H3,(H-,74,76,78,79)/b30-28+,64-61+. The number of hydrogen-bond donors (Lipinski definition) is 1. The summed E-state index contributed by atoms with van der Waals surface area (Å²) in [5, 5.41) is 3.05. The van der Waals surface area contributed by atoms with Gasteiger partial charge in [0.2, 0.25) is 5.91 Å². The molecule has 3 atom stereocenters. The fourth-order valence-corrected chi connectivity index (χ4v) is 12.0. The number of carbonyl (C=O) groups is 2. The largest absolute Gasteiger partial charge is 0.756 e. The summed E-state index contributed by atoms with van der Waals surface area (Å²) >= 11 is 0. The molecule has 0 aliphatic rings. The maximum absolute atomic E-state index is 13.6. The summed E-state index contributed by atoms with van der Waals surface area (Å²) in [4.78, 5) is 40.2. The van der Waals surface area contributed by atoms with Gasteiger partial charge in [-0.15, -0.1) is 0 Å². The molecule has 0 rings (SSSR count). The first kappa shape index (κ1) is 81.5. The van der Waals surface area contributed by atoms with Crippen LogP contribution in [0.3, 0.4) is 0 Å². The third-order valence-corrected chi connectivity index (χ3v) is 17.8. The van der Waals surface area contributed by atoms with E-state index in [2.05, 4.69) is 38.2 Å². The van der Waals surface area contributed by atoms with Gasteiger partial charge in [-0.3, -0.25) is 14.2 Å². The Balaban J connectivity index is 4.98. The number of nitrogens with one attached hydrogen (secondary N) is 1. The number of amides is 1. The molecule has 10 heteroatoms. The number of rotatable bonds is 68. The van der Waals surface area contributed by atoms with Crippen molar-refractivity contribution in [2.75, 3.05) is 40.9 Å². The van der Waals surface area contributed by atoms with Gasteiger partial charge in [-0.05, 0) is 57.4 Å². The highest BCUT2D eigenvalue weighted by Gasteiger charge is 2.27. The van der Waals surface area contributed by atoms with Crippen LogP contribution in [-0.2, 0) is 27.9 Å². The van der Waals surface area contributed by atoms with Gasteiger partial charge in [0.25, 0.3) is 7.82 Å². The number of nitrogens with zero attached hydrogens (tertiary/aromatic N) is 1. The molecule has 1 N–H and O–H groups in total. The normalized spacial score (nSPS) is 13.6. The molecule has 0 aromatic carbocycles. The van der Waals surface area contributed by atoms with Crippen molar-refractivity contribution in [2.24, 2.45) is 0 Å². The molecule has 1 amide bonds. The van der Waals surface area contributed by atoms with Gasteiger partial charge in [-0.25, -0.2) is 0 Å². The zero-order chi connectivity index (χ0) is 60.7. The maximum atomic E-state index is 13.6. The van der Waals surface area contributed by atoms with Crippen LogP contribution in [0.1, 0.15) is 380 Å². The molecular formula is C73H143N2O7P. The first-order chi connectivity index (χ1) is 40.4. The first-order valence-electron chi connectivity index (χ1n) is 36.6.